The lowest BCUT2D eigenvalue weighted by Gasteiger charge is -2.30. The van der Waals surface area contributed by atoms with Crippen molar-refractivity contribution in [2.45, 2.75) is 51.5 Å². The van der Waals surface area contributed by atoms with Gasteiger partial charge in [0.1, 0.15) is 0 Å². The van der Waals surface area contributed by atoms with Crippen LogP contribution in [0.15, 0.2) is 42.6 Å². The van der Waals surface area contributed by atoms with Crippen LogP contribution >= 0.6 is 11.6 Å². The summed E-state index contributed by atoms with van der Waals surface area (Å²) in [5.74, 6) is 0.615. The molecule has 0 aliphatic rings. The number of aromatic nitrogens is 2. The van der Waals surface area contributed by atoms with Crippen molar-refractivity contribution in [2.75, 3.05) is 5.88 Å². The lowest BCUT2D eigenvalue weighted by atomic mass is 9.76. The van der Waals surface area contributed by atoms with E-state index in [1.165, 1.54) is 5.56 Å². The van der Waals surface area contributed by atoms with E-state index in [4.69, 9.17) is 16.7 Å². The van der Waals surface area contributed by atoms with Crippen LogP contribution in [-0.2, 0) is 11.8 Å². The summed E-state index contributed by atoms with van der Waals surface area (Å²) in [6.07, 6.45) is 5.08. The lowest BCUT2D eigenvalue weighted by molar-refractivity contribution is 0.435. The number of hydrogen-bond acceptors (Lipinski definition) is 1. The van der Waals surface area contributed by atoms with Crippen LogP contribution in [0.5, 0.6) is 0 Å². The second-order valence-corrected chi connectivity index (χ2v) is 6.12. The van der Waals surface area contributed by atoms with Crippen LogP contribution in [0.4, 0.5) is 0 Å². The lowest BCUT2D eigenvalue weighted by Crippen LogP contribution is -2.30. The first kappa shape index (κ1) is 16.1. The quantitative estimate of drug-likeness (QED) is 0.659. The van der Waals surface area contributed by atoms with E-state index < -0.39 is 0 Å². The zero-order valence-corrected chi connectivity index (χ0v) is 14.0. The summed E-state index contributed by atoms with van der Waals surface area (Å²) in [5.41, 5.74) is 2.40. The third-order valence-electron chi connectivity index (χ3n) is 4.54. The molecule has 2 atom stereocenters. The molecule has 21 heavy (non-hydrogen) atoms. The van der Waals surface area contributed by atoms with E-state index >= 15 is 0 Å². The van der Waals surface area contributed by atoms with Crippen molar-refractivity contribution in [2.24, 2.45) is 0 Å². The minimum absolute atomic E-state index is 0.0303. The molecule has 0 bridgehead atoms. The van der Waals surface area contributed by atoms with Crippen molar-refractivity contribution in [3.8, 4) is 0 Å². The Labute approximate surface area is 133 Å². The van der Waals surface area contributed by atoms with Crippen LogP contribution in [0, 0.1) is 0 Å². The molecule has 0 fully saturated rings. The van der Waals surface area contributed by atoms with Gasteiger partial charge in [0.25, 0.3) is 0 Å². The molecule has 0 spiro atoms. The molecule has 0 saturated heterocycles. The van der Waals surface area contributed by atoms with Gasteiger partial charge in [-0.3, -0.25) is 4.68 Å². The second-order valence-electron chi connectivity index (χ2n) is 5.85. The zero-order chi connectivity index (χ0) is 15.3. The van der Waals surface area contributed by atoms with Crippen LogP contribution < -0.4 is 0 Å². The fourth-order valence-corrected chi connectivity index (χ4v) is 3.13. The molecule has 3 heteroatoms. The van der Waals surface area contributed by atoms with Crippen LogP contribution in [0.3, 0.4) is 0 Å². The Bertz CT molecular complexity index is 543. The molecule has 2 rings (SSSR count). The Hall–Kier alpha value is -1.28. The summed E-state index contributed by atoms with van der Waals surface area (Å²) in [7, 11) is 0. The highest BCUT2D eigenvalue weighted by atomic mass is 35.5. The molecule has 2 nitrogen and oxygen atoms in total. The molecular formula is C18H25ClN2. The fourth-order valence-electron chi connectivity index (χ4n) is 2.69. The van der Waals surface area contributed by atoms with Gasteiger partial charge in [-0.2, -0.15) is 5.10 Å². The molecule has 1 heterocycles. The summed E-state index contributed by atoms with van der Waals surface area (Å²) in [6.45, 7) is 6.59. The van der Waals surface area contributed by atoms with Gasteiger partial charge in [-0.1, -0.05) is 44.2 Å². The Kier molecular flexibility index (Phi) is 5.46. The number of benzene rings is 1. The maximum Gasteiger partial charge on any atom is 0.0634 e. The minimum atomic E-state index is -0.0303. The van der Waals surface area contributed by atoms with Gasteiger partial charge in [0.15, 0.2) is 0 Å². The standard InChI is InChI=1S/C18H25ClN2/c1-4-15(3)21-12-11-17(20-21)13-18(5-2,14-19)16-9-7-6-8-10-16/h6-12,15H,4-5,13-14H2,1-3H3. The molecule has 0 saturated carbocycles. The number of alkyl halides is 1. The molecule has 0 N–H and O–H groups in total. The van der Waals surface area contributed by atoms with Gasteiger partial charge in [-0.05, 0) is 31.4 Å². The highest BCUT2D eigenvalue weighted by Gasteiger charge is 2.30. The molecule has 0 aliphatic carbocycles. The maximum atomic E-state index is 6.37. The van der Waals surface area contributed by atoms with Crippen LogP contribution in [0.1, 0.15) is 50.9 Å². The van der Waals surface area contributed by atoms with Gasteiger partial charge in [0.05, 0.1) is 5.69 Å². The average Bonchev–Trinajstić information content (AvgIpc) is 3.01. The number of rotatable bonds is 7. The summed E-state index contributed by atoms with van der Waals surface area (Å²) in [6, 6.07) is 13.2. The van der Waals surface area contributed by atoms with E-state index in [1.807, 2.05) is 0 Å². The van der Waals surface area contributed by atoms with Crippen molar-refractivity contribution in [3.05, 3.63) is 53.9 Å². The first-order valence-corrected chi connectivity index (χ1v) is 8.34. The largest absolute Gasteiger partial charge is 0.270 e. The van der Waals surface area contributed by atoms with Gasteiger partial charge in [-0.15, -0.1) is 11.6 Å². The molecule has 0 amide bonds. The summed E-state index contributed by atoms with van der Waals surface area (Å²) in [4.78, 5) is 0. The Balaban J connectivity index is 2.26. The maximum absolute atomic E-state index is 6.37. The van der Waals surface area contributed by atoms with Gasteiger partial charge in [-0.25, -0.2) is 0 Å². The normalized spacial score (nSPS) is 15.6. The minimum Gasteiger partial charge on any atom is -0.270 e. The first-order valence-electron chi connectivity index (χ1n) is 7.80. The second kappa shape index (κ2) is 7.13. The van der Waals surface area contributed by atoms with E-state index in [0.29, 0.717) is 11.9 Å². The average molecular weight is 305 g/mol. The van der Waals surface area contributed by atoms with Crippen molar-refractivity contribution < 1.29 is 0 Å². The zero-order valence-electron chi connectivity index (χ0n) is 13.2. The Morgan fingerprint density at radius 1 is 1.19 bits per heavy atom. The van der Waals surface area contributed by atoms with E-state index in [9.17, 15) is 0 Å². The predicted molar refractivity (Wildman–Crippen MR) is 90.1 cm³/mol. The first-order chi connectivity index (χ1) is 10.1. The Morgan fingerprint density at radius 3 is 2.48 bits per heavy atom. The molecule has 1 aromatic carbocycles. The van der Waals surface area contributed by atoms with E-state index in [1.54, 1.807) is 0 Å². The van der Waals surface area contributed by atoms with Gasteiger partial charge in [0, 0.05) is 30.0 Å². The molecule has 0 radical (unpaired) electrons. The van der Waals surface area contributed by atoms with Crippen LogP contribution in [0.2, 0.25) is 0 Å². The van der Waals surface area contributed by atoms with Crippen molar-refractivity contribution >= 4 is 11.6 Å². The van der Waals surface area contributed by atoms with Crippen LogP contribution in [-0.4, -0.2) is 15.7 Å². The monoisotopic (exact) mass is 304 g/mol. The number of halogens is 1. The molecular weight excluding hydrogens is 280 g/mol. The van der Waals surface area contributed by atoms with Crippen molar-refractivity contribution in [3.63, 3.8) is 0 Å². The van der Waals surface area contributed by atoms with Gasteiger partial charge >= 0.3 is 0 Å². The fraction of sp³-hybridized carbons (Fsp3) is 0.500. The molecule has 114 valence electrons. The third-order valence-corrected chi connectivity index (χ3v) is 5.06. The van der Waals surface area contributed by atoms with Crippen LogP contribution in [0.25, 0.3) is 0 Å². The highest BCUT2D eigenvalue weighted by Crippen LogP contribution is 2.33. The predicted octanol–water partition coefficient (Wildman–Crippen LogP) is 4.98. The smallest absolute Gasteiger partial charge is 0.0634 e. The van der Waals surface area contributed by atoms with Gasteiger partial charge < -0.3 is 0 Å². The molecule has 2 unspecified atom stereocenters. The van der Waals surface area contributed by atoms with Crippen molar-refractivity contribution in [1.82, 2.24) is 9.78 Å². The van der Waals surface area contributed by atoms with E-state index in [2.05, 4.69) is 68.0 Å². The number of nitrogens with zero attached hydrogens (tertiary/aromatic N) is 2. The molecule has 1 aromatic heterocycles. The molecule has 2 aromatic rings. The number of hydrogen-bond donors (Lipinski definition) is 0. The third kappa shape index (κ3) is 3.49. The summed E-state index contributed by atoms with van der Waals surface area (Å²) < 4.78 is 2.06. The summed E-state index contributed by atoms with van der Waals surface area (Å²) in [5, 5.41) is 4.75. The topological polar surface area (TPSA) is 17.8 Å². The van der Waals surface area contributed by atoms with Crippen molar-refractivity contribution in [1.29, 1.82) is 0 Å². The SMILES string of the molecule is CCC(C)n1ccc(CC(CC)(CCl)c2ccccc2)n1. The Morgan fingerprint density at radius 2 is 1.90 bits per heavy atom. The highest BCUT2D eigenvalue weighted by molar-refractivity contribution is 6.18. The van der Waals surface area contributed by atoms with Gasteiger partial charge in [0.2, 0.25) is 0 Å². The summed E-state index contributed by atoms with van der Waals surface area (Å²) >= 11 is 6.37. The van der Waals surface area contributed by atoms with E-state index in [0.717, 1.165) is 25.0 Å². The van der Waals surface area contributed by atoms with E-state index in [-0.39, 0.29) is 5.41 Å². The molecule has 0 aliphatic heterocycles.